The Morgan fingerprint density at radius 3 is 2.71 bits per heavy atom. The summed E-state index contributed by atoms with van der Waals surface area (Å²) in [5.74, 6) is -0.258. The van der Waals surface area contributed by atoms with Crippen LogP contribution in [0.3, 0.4) is 0 Å². The Morgan fingerprint density at radius 1 is 1.35 bits per heavy atom. The lowest BCUT2D eigenvalue weighted by molar-refractivity contribution is -0.125. The van der Waals surface area contributed by atoms with Crippen molar-refractivity contribution in [2.75, 3.05) is 6.54 Å². The lowest BCUT2D eigenvalue weighted by Crippen LogP contribution is -2.55. The molecule has 1 unspecified atom stereocenters. The number of benzene rings is 1. The number of piperidine rings is 1. The molecule has 3 heteroatoms. The van der Waals surface area contributed by atoms with Gasteiger partial charge >= 0.3 is 0 Å². The van der Waals surface area contributed by atoms with Crippen LogP contribution in [0.5, 0.6) is 0 Å². The fraction of sp³-hybridized carbons (Fsp3) is 0.500. The van der Waals surface area contributed by atoms with Crippen molar-refractivity contribution in [1.82, 2.24) is 5.32 Å². The van der Waals surface area contributed by atoms with Crippen molar-refractivity contribution < 1.29 is 4.79 Å². The molecule has 1 heterocycles. The van der Waals surface area contributed by atoms with Gasteiger partial charge in [0.25, 0.3) is 0 Å². The topological polar surface area (TPSA) is 55.1 Å². The second kappa shape index (κ2) is 4.49. The number of primary amides is 1. The summed E-state index contributed by atoms with van der Waals surface area (Å²) in [5.41, 5.74) is 8.41. The van der Waals surface area contributed by atoms with Crippen molar-refractivity contribution in [2.45, 2.75) is 38.6 Å². The maximum absolute atomic E-state index is 11.9. The predicted octanol–water partition coefficient (Wildman–Crippen LogP) is 1.76. The van der Waals surface area contributed by atoms with Crippen LogP contribution in [-0.4, -0.2) is 12.5 Å². The maximum atomic E-state index is 11.9. The average molecular weight is 232 g/mol. The van der Waals surface area contributed by atoms with E-state index in [0.29, 0.717) is 0 Å². The minimum Gasteiger partial charge on any atom is -0.368 e. The average Bonchev–Trinajstić information content (AvgIpc) is 2.33. The first-order chi connectivity index (χ1) is 8.08. The number of carbonyl (C=O) groups is 1. The third kappa shape index (κ3) is 1.95. The molecule has 2 rings (SSSR count). The van der Waals surface area contributed by atoms with Crippen LogP contribution in [0.1, 0.15) is 36.0 Å². The zero-order valence-corrected chi connectivity index (χ0v) is 10.5. The molecule has 17 heavy (non-hydrogen) atoms. The van der Waals surface area contributed by atoms with E-state index in [1.807, 2.05) is 12.1 Å². The van der Waals surface area contributed by atoms with E-state index in [2.05, 4.69) is 25.2 Å². The summed E-state index contributed by atoms with van der Waals surface area (Å²) in [5, 5.41) is 3.34. The molecule has 0 aromatic heterocycles. The van der Waals surface area contributed by atoms with Crippen LogP contribution in [-0.2, 0) is 10.3 Å². The highest BCUT2D eigenvalue weighted by Gasteiger charge is 2.40. The van der Waals surface area contributed by atoms with Crippen LogP contribution in [0.2, 0.25) is 0 Å². The van der Waals surface area contributed by atoms with Crippen LogP contribution >= 0.6 is 0 Å². The Balaban J connectivity index is 2.53. The van der Waals surface area contributed by atoms with Crippen molar-refractivity contribution in [3.05, 3.63) is 34.9 Å². The van der Waals surface area contributed by atoms with Crippen molar-refractivity contribution in [3.8, 4) is 0 Å². The van der Waals surface area contributed by atoms with Crippen molar-refractivity contribution >= 4 is 5.91 Å². The smallest absolute Gasteiger partial charge is 0.242 e. The monoisotopic (exact) mass is 232 g/mol. The largest absolute Gasteiger partial charge is 0.368 e. The Hall–Kier alpha value is -1.35. The predicted molar refractivity (Wildman–Crippen MR) is 68.6 cm³/mol. The second-order valence-corrected chi connectivity index (χ2v) is 4.90. The van der Waals surface area contributed by atoms with Gasteiger partial charge < -0.3 is 5.73 Å². The molecule has 1 fully saturated rings. The number of aryl methyl sites for hydroxylation is 1. The lowest BCUT2D eigenvalue weighted by atomic mass is 9.79. The normalized spacial score (nSPS) is 24.6. The number of amides is 1. The first kappa shape index (κ1) is 12.1. The highest BCUT2D eigenvalue weighted by molar-refractivity contribution is 5.87. The Bertz CT molecular complexity index is 434. The van der Waals surface area contributed by atoms with Gasteiger partial charge in [0.05, 0.1) is 0 Å². The van der Waals surface area contributed by atoms with Crippen molar-refractivity contribution in [3.63, 3.8) is 0 Å². The van der Waals surface area contributed by atoms with Crippen LogP contribution in [0.4, 0.5) is 0 Å². The van der Waals surface area contributed by atoms with Crippen LogP contribution in [0.25, 0.3) is 0 Å². The van der Waals surface area contributed by atoms with Crippen LogP contribution in [0.15, 0.2) is 18.2 Å². The van der Waals surface area contributed by atoms with Gasteiger partial charge in [-0.2, -0.15) is 0 Å². The number of hydrogen-bond acceptors (Lipinski definition) is 2. The molecular formula is C14H20N2O. The van der Waals surface area contributed by atoms with Gasteiger partial charge in [0.2, 0.25) is 5.91 Å². The van der Waals surface area contributed by atoms with E-state index in [4.69, 9.17) is 5.73 Å². The summed E-state index contributed by atoms with van der Waals surface area (Å²) >= 11 is 0. The molecule has 1 aliphatic heterocycles. The molecule has 0 radical (unpaired) electrons. The summed E-state index contributed by atoms with van der Waals surface area (Å²) in [7, 11) is 0. The molecule has 1 amide bonds. The molecule has 1 aromatic carbocycles. The molecule has 92 valence electrons. The molecule has 1 aromatic rings. The summed E-state index contributed by atoms with van der Waals surface area (Å²) < 4.78 is 0. The fourth-order valence-electron chi connectivity index (χ4n) is 2.69. The second-order valence-electron chi connectivity index (χ2n) is 4.90. The molecule has 3 N–H and O–H groups in total. The highest BCUT2D eigenvalue weighted by Crippen LogP contribution is 2.33. The Labute approximate surface area is 102 Å². The zero-order valence-electron chi connectivity index (χ0n) is 10.5. The molecule has 0 aliphatic carbocycles. The van der Waals surface area contributed by atoms with E-state index in [1.54, 1.807) is 0 Å². The van der Waals surface area contributed by atoms with Gasteiger partial charge in [-0.1, -0.05) is 18.2 Å². The van der Waals surface area contributed by atoms with Gasteiger partial charge in [-0.05, 0) is 56.3 Å². The Morgan fingerprint density at radius 2 is 2.12 bits per heavy atom. The van der Waals surface area contributed by atoms with Crippen molar-refractivity contribution in [1.29, 1.82) is 0 Å². The van der Waals surface area contributed by atoms with E-state index in [1.165, 1.54) is 11.1 Å². The van der Waals surface area contributed by atoms with Gasteiger partial charge in [-0.3, -0.25) is 10.1 Å². The minimum atomic E-state index is -0.658. The zero-order chi connectivity index (χ0) is 12.5. The van der Waals surface area contributed by atoms with Gasteiger partial charge in [0.1, 0.15) is 5.54 Å². The van der Waals surface area contributed by atoms with Gasteiger partial charge in [-0.15, -0.1) is 0 Å². The number of nitrogens with two attached hydrogens (primary N) is 1. The standard InChI is InChI=1S/C14H20N2O/c1-10-6-5-7-12(11(10)2)14(13(15)17)8-3-4-9-16-14/h5-7,16H,3-4,8-9H2,1-2H3,(H2,15,17). The molecule has 0 spiro atoms. The third-order valence-electron chi connectivity index (χ3n) is 3.89. The highest BCUT2D eigenvalue weighted by atomic mass is 16.1. The summed E-state index contributed by atoms with van der Waals surface area (Å²) in [6.07, 6.45) is 2.95. The Kier molecular flexibility index (Phi) is 3.20. The molecule has 1 aliphatic rings. The van der Waals surface area contributed by atoms with E-state index in [9.17, 15) is 4.79 Å². The summed E-state index contributed by atoms with van der Waals surface area (Å²) in [6.45, 7) is 4.98. The van der Waals surface area contributed by atoms with Crippen LogP contribution in [0, 0.1) is 13.8 Å². The number of rotatable bonds is 2. The molecule has 1 saturated heterocycles. The van der Waals surface area contributed by atoms with Crippen molar-refractivity contribution in [2.24, 2.45) is 5.73 Å². The number of hydrogen-bond donors (Lipinski definition) is 2. The molecule has 3 nitrogen and oxygen atoms in total. The van der Waals surface area contributed by atoms with E-state index < -0.39 is 5.54 Å². The van der Waals surface area contributed by atoms with Crippen LogP contribution < -0.4 is 11.1 Å². The number of nitrogens with one attached hydrogen (secondary N) is 1. The van der Waals surface area contributed by atoms with Gasteiger partial charge in [-0.25, -0.2) is 0 Å². The third-order valence-corrected chi connectivity index (χ3v) is 3.89. The van der Waals surface area contributed by atoms with Gasteiger partial charge in [0, 0.05) is 0 Å². The SMILES string of the molecule is Cc1cccc(C2(C(N)=O)CCCCN2)c1C. The maximum Gasteiger partial charge on any atom is 0.242 e. The van der Waals surface area contributed by atoms with E-state index >= 15 is 0 Å². The summed E-state index contributed by atoms with van der Waals surface area (Å²) in [6, 6.07) is 6.08. The first-order valence-corrected chi connectivity index (χ1v) is 6.19. The first-order valence-electron chi connectivity index (χ1n) is 6.19. The number of carbonyl (C=O) groups excluding carboxylic acids is 1. The quantitative estimate of drug-likeness (QED) is 0.816. The lowest BCUT2D eigenvalue weighted by Gasteiger charge is -2.37. The minimum absolute atomic E-state index is 0.258. The summed E-state index contributed by atoms with van der Waals surface area (Å²) in [4.78, 5) is 11.9. The van der Waals surface area contributed by atoms with E-state index in [0.717, 1.165) is 31.4 Å². The molecule has 0 saturated carbocycles. The fourth-order valence-corrected chi connectivity index (χ4v) is 2.69. The van der Waals surface area contributed by atoms with E-state index in [-0.39, 0.29) is 5.91 Å². The molecule has 0 bridgehead atoms. The van der Waals surface area contributed by atoms with Gasteiger partial charge in [0.15, 0.2) is 0 Å². The molecule has 1 atom stereocenters. The molecular weight excluding hydrogens is 212 g/mol.